The normalized spacial score (nSPS) is 10.2. The molecule has 0 atom stereocenters. The van der Waals surface area contributed by atoms with Gasteiger partial charge in [0.1, 0.15) is 5.75 Å². The first-order chi connectivity index (χ1) is 10.7. The van der Waals surface area contributed by atoms with Crippen molar-refractivity contribution in [1.29, 1.82) is 0 Å². The van der Waals surface area contributed by atoms with E-state index in [1.165, 1.54) is 0 Å². The zero-order chi connectivity index (χ0) is 15.8. The van der Waals surface area contributed by atoms with E-state index >= 15 is 0 Å². The summed E-state index contributed by atoms with van der Waals surface area (Å²) in [5.74, 6) is 0.698. The molecule has 1 aromatic carbocycles. The van der Waals surface area contributed by atoms with E-state index in [0.29, 0.717) is 37.4 Å². The maximum atomic E-state index is 11.9. The molecule has 2 aromatic rings. The molecule has 0 radical (unpaired) electrons. The summed E-state index contributed by atoms with van der Waals surface area (Å²) in [4.78, 5) is 15.9. The standard InChI is InChI=1S/C17H21N3O2/c1-2-22-16-7-5-13(10-15(16)18)6-8-17(21)20-12-14-4-3-9-19-11-14/h3-5,7,9-11H,2,6,8,12,18H2,1H3,(H,20,21). The lowest BCUT2D eigenvalue weighted by Crippen LogP contribution is -2.23. The second-order valence-corrected chi connectivity index (χ2v) is 4.94. The molecule has 0 bridgehead atoms. The lowest BCUT2D eigenvalue weighted by Gasteiger charge is -2.09. The van der Waals surface area contributed by atoms with Crippen molar-refractivity contribution in [2.75, 3.05) is 12.3 Å². The predicted molar refractivity (Wildman–Crippen MR) is 86.4 cm³/mol. The van der Waals surface area contributed by atoms with Gasteiger partial charge in [0.05, 0.1) is 12.3 Å². The van der Waals surface area contributed by atoms with E-state index < -0.39 is 0 Å². The molecule has 0 aliphatic heterocycles. The van der Waals surface area contributed by atoms with Crippen molar-refractivity contribution < 1.29 is 9.53 Å². The number of rotatable bonds is 7. The van der Waals surface area contributed by atoms with Gasteiger partial charge in [0.2, 0.25) is 5.91 Å². The summed E-state index contributed by atoms with van der Waals surface area (Å²) in [6.07, 6.45) is 4.53. The van der Waals surface area contributed by atoms with Crippen LogP contribution in [-0.2, 0) is 17.8 Å². The van der Waals surface area contributed by atoms with Crippen LogP contribution < -0.4 is 15.8 Å². The van der Waals surface area contributed by atoms with E-state index in [1.54, 1.807) is 12.4 Å². The lowest BCUT2D eigenvalue weighted by atomic mass is 10.1. The Balaban J connectivity index is 1.80. The lowest BCUT2D eigenvalue weighted by molar-refractivity contribution is -0.121. The fourth-order valence-corrected chi connectivity index (χ4v) is 2.09. The molecule has 1 aromatic heterocycles. The number of nitrogens with two attached hydrogens (primary N) is 1. The van der Waals surface area contributed by atoms with Crippen LogP contribution in [0.4, 0.5) is 5.69 Å². The van der Waals surface area contributed by atoms with Gasteiger partial charge >= 0.3 is 0 Å². The maximum Gasteiger partial charge on any atom is 0.220 e. The minimum atomic E-state index is 0.0105. The van der Waals surface area contributed by atoms with E-state index in [-0.39, 0.29) is 5.91 Å². The zero-order valence-corrected chi connectivity index (χ0v) is 12.7. The number of amides is 1. The Bertz CT molecular complexity index is 615. The van der Waals surface area contributed by atoms with E-state index in [1.807, 2.05) is 37.3 Å². The predicted octanol–water partition coefficient (Wildman–Crippen LogP) is 2.31. The molecule has 0 saturated heterocycles. The number of ether oxygens (including phenoxy) is 1. The van der Waals surface area contributed by atoms with Gasteiger partial charge in [-0.05, 0) is 42.7 Å². The summed E-state index contributed by atoms with van der Waals surface area (Å²) in [6, 6.07) is 9.43. The first-order valence-corrected chi connectivity index (χ1v) is 7.36. The molecule has 0 saturated carbocycles. The highest BCUT2D eigenvalue weighted by molar-refractivity contribution is 5.76. The minimum absolute atomic E-state index is 0.0105. The number of benzene rings is 1. The van der Waals surface area contributed by atoms with E-state index in [0.717, 1.165) is 11.1 Å². The molecule has 1 heterocycles. The average Bonchev–Trinajstić information content (AvgIpc) is 2.54. The molecule has 22 heavy (non-hydrogen) atoms. The Labute approximate surface area is 130 Å². The summed E-state index contributed by atoms with van der Waals surface area (Å²) in [6.45, 7) is 3.00. The van der Waals surface area contributed by atoms with Crippen LogP contribution in [0.5, 0.6) is 5.75 Å². The third kappa shape index (κ3) is 4.77. The summed E-state index contributed by atoms with van der Waals surface area (Å²) in [5, 5.41) is 2.88. The van der Waals surface area contributed by atoms with Crippen molar-refractivity contribution in [3.05, 3.63) is 53.9 Å². The number of nitrogens with zero attached hydrogens (tertiary/aromatic N) is 1. The molecular weight excluding hydrogens is 278 g/mol. The van der Waals surface area contributed by atoms with Gasteiger partial charge < -0.3 is 15.8 Å². The molecule has 1 amide bonds. The van der Waals surface area contributed by atoms with Gasteiger partial charge in [-0.2, -0.15) is 0 Å². The highest BCUT2D eigenvalue weighted by Crippen LogP contribution is 2.23. The van der Waals surface area contributed by atoms with Crippen molar-refractivity contribution in [3.8, 4) is 5.75 Å². The number of aromatic nitrogens is 1. The summed E-state index contributed by atoms with van der Waals surface area (Å²) >= 11 is 0. The Morgan fingerprint density at radius 1 is 1.32 bits per heavy atom. The second-order valence-electron chi connectivity index (χ2n) is 4.94. The van der Waals surface area contributed by atoms with Crippen molar-refractivity contribution in [2.45, 2.75) is 26.3 Å². The Morgan fingerprint density at radius 3 is 2.86 bits per heavy atom. The van der Waals surface area contributed by atoms with Crippen molar-refractivity contribution in [3.63, 3.8) is 0 Å². The molecule has 0 fully saturated rings. The minimum Gasteiger partial charge on any atom is -0.492 e. The van der Waals surface area contributed by atoms with Crippen LogP contribution in [0.2, 0.25) is 0 Å². The number of hydrogen-bond donors (Lipinski definition) is 2. The maximum absolute atomic E-state index is 11.9. The molecule has 0 aliphatic carbocycles. The smallest absolute Gasteiger partial charge is 0.220 e. The molecule has 5 heteroatoms. The van der Waals surface area contributed by atoms with Crippen molar-refractivity contribution in [1.82, 2.24) is 10.3 Å². The highest BCUT2D eigenvalue weighted by Gasteiger charge is 2.05. The number of hydrogen-bond acceptors (Lipinski definition) is 4. The molecular formula is C17H21N3O2. The summed E-state index contributed by atoms with van der Waals surface area (Å²) in [7, 11) is 0. The van der Waals surface area contributed by atoms with Gasteiger partial charge in [-0.3, -0.25) is 9.78 Å². The number of anilines is 1. The summed E-state index contributed by atoms with van der Waals surface area (Å²) in [5.41, 5.74) is 8.54. The number of nitrogen functional groups attached to an aromatic ring is 1. The summed E-state index contributed by atoms with van der Waals surface area (Å²) < 4.78 is 5.39. The molecule has 2 rings (SSSR count). The third-order valence-corrected chi connectivity index (χ3v) is 3.23. The van der Waals surface area contributed by atoms with E-state index in [2.05, 4.69) is 10.3 Å². The highest BCUT2D eigenvalue weighted by atomic mass is 16.5. The number of carbonyl (C=O) groups is 1. The SMILES string of the molecule is CCOc1ccc(CCC(=O)NCc2cccnc2)cc1N. The molecule has 0 unspecified atom stereocenters. The Kier molecular flexibility index (Phi) is 5.77. The van der Waals surface area contributed by atoms with Gasteiger partial charge in [0.15, 0.2) is 0 Å². The van der Waals surface area contributed by atoms with Crippen LogP contribution in [-0.4, -0.2) is 17.5 Å². The fraction of sp³-hybridized carbons (Fsp3) is 0.294. The van der Waals surface area contributed by atoms with Crippen molar-refractivity contribution in [2.24, 2.45) is 0 Å². The Hall–Kier alpha value is -2.56. The number of pyridine rings is 1. The van der Waals surface area contributed by atoms with Crippen LogP contribution in [0.3, 0.4) is 0 Å². The van der Waals surface area contributed by atoms with Gasteiger partial charge in [0.25, 0.3) is 0 Å². The molecule has 3 N–H and O–H groups in total. The molecule has 0 aliphatic rings. The zero-order valence-electron chi connectivity index (χ0n) is 12.7. The fourth-order valence-electron chi connectivity index (χ4n) is 2.09. The number of nitrogens with one attached hydrogen (secondary N) is 1. The second kappa shape index (κ2) is 8.02. The molecule has 0 spiro atoms. The van der Waals surface area contributed by atoms with Gasteiger partial charge in [-0.25, -0.2) is 0 Å². The largest absolute Gasteiger partial charge is 0.492 e. The number of carbonyl (C=O) groups excluding carboxylic acids is 1. The van der Waals surface area contributed by atoms with Crippen LogP contribution in [0.25, 0.3) is 0 Å². The molecule has 5 nitrogen and oxygen atoms in total. The quantitative estimate of drug-likeness (QED) is 0.769. The average molecular weight is 299 g/mol. The van der Waals surface area contributed by atoms with Crippen LogP contribution in [0.15, 0.2) is 42.7 Å². The van der Waals surface area contributed by atoms with Gasteiger partial charge in [-0.1, -0.05) is 12.1 Å². The topological polar surface area (TPSA) is 77.2 Å². The Morgan fingerprint density at radius 2 is 2.18 bits per heavy atom. The van der Waals surface area contributed by atoms with Crippen LogP contribution in [0.1, 0.15) is 24.5 Å². The van der Waals surface area contributed by atoms with Crippen LogP contribution in [0, 0.1) is 0 Å². The van der Waals surface area contributed by atoms with Gasteiger partial charge in [-0.15, -0.1) is 0 Å². The molecule has 116 valence electrons. The van der Waals surface area contributed by atoms with E-state index in [9.17, 15) is 4.79 Å². The van der Waals surface area contributed by atoms with Gasteiger partial charge in [0, 0.05) is 25.4 Å². The van der Waals surface area contributed by atoms with Crippen molar-refractivity contribution >= 4 is 11.6 Å². The third-order valence-electron chi connectivity index (χ3n) is 3.23. The van der Waals surface area contributed by atoms with Crippen LogP contribution >= 0.6 is 0 Å². The van der Waals surface area contributed by atoms with E-state index in [4.69, 9.17) is 10.5 Å². The monoisotopic (exact) mass is 299 g/mol. The first kappa shape index (κ1) is 15.8. The first-order valence-electron chi connectivity index (χ1n) is 7.36. The number of aryl methyl sites for hydroxylation is 1.